The highest BCUT2D eigenvalue weighted by Crippen LogP contribution is 2.34. The summed E-state index contributed by atoms with van der Waals surface area (Å²) in [5.74, 6) is -0.741. The molecule has 0 saturated heterocycles. The predicted octanol–water partition coefficient (Wildman–Crippen LogP) is 2.16. The van der Waals surface area contributed by atoms with Crippen molar-refractivity contribution in [2.24, 2.45) is 0 Å². The van der Waals surface area contributed by atoms with Gasteiger partial charge >= 0.3 is 5.97 Å². The molecule has 128 valence electrons. The van der Waals surface area contributed by atoms with Crippen molar-refractivity contribution in [1.29, 1.82) is 0 Å². The van der Waals surface area contributed by atoms with E-state index < -0.39 is 5.97 Å². The Labute approximate surface area is 144 Å². The highest BCUT2D eigenvalue weighted by atomic mass is 16.5. The van der Waals surface area contributed by atoms with Gasteiger partial charge in [-0.05, 0) is 19.1 Å². The minimum absolute atomic E-state index is 0.0132. The van der Waals surface area contributed by atoms with E-state index in [9.17, 15) is 15.1 Å². The summed E-state index contributed by atoms with van der Waals surface area (Å²) in [6.07, 6.45) is 0.986. The van der Waals surface area contributed by atoms with Crippen molar-refractivity contribution in [3.05, 3.63) is 66.2 Å². The third-order valence-electron chi connectivity index (χ3n) is 3.16. The number of hydrogen-bond acceptors (Lipinski definition) is 4. The van der Waals surface area contributed by atoms with Crippen LogP contribution in [0.5, 0.6) is 11.5 Å². The third kappa shape index (κ3) is 4.51. The van der Waals surface area contributed by atoms with Crippen molar-refractivity contribution < 1.29 is 24.2 Å². The van der Waals surface area contributed by atoms with E-state index >= 15 is 0 Å². The molecule has 25 heavy (non-hydrogen) atoms. The highest BCUT2D eigenvalue weighted by Gasteiger charge is 2.18. The topological polar surface area (TPSA) is 101 Å². The van der Waals surface area contributed by atoms with Crippen LogP contribution in [0.3, 0.4) is 0 Å². The average Bonchev–Trinajstić information content (AvgIpc) is 2.64. The van der Waals surface area contributed by atoms with E-state index in [0.29, 0.717) is 23.6 Å². The Morgan fingerprint density at radius 2 is 1.96 bits per heavy atom. The van der Waals surface area contributed by atoms with E-state index in [2.05, 4.69) is 11.9 Å². The van der Waals surface area contributed by atoms with Crippen LogP contribution < -0.4 is 19.9 Å². The zero-order valence-corrected chi connectivity index (χ0v) is 13.6. The van der Waals surface area contributed by atoms with Crippen LogP contribution in [-0.4, -0.2) is 18.5 Å². The second-order valence-electron chi connectivity index (χ2n) is 4.83. The Morgan fingerprint density at radius 3 is 2.56 bits per heavy atom. The van der Waals surface area contributed by atoms with Crippen LogP contribution in [0.1, 0.15) is 17.3 Å². The number of nitrogens with zero attached hydrogens (tertiary/aromatic N) is 1. The molecule has 0 spiro atoms. The molecule has 0 heterocycles. The molecule has 0 radical (unpaired) electrons. The van der Waals surface area contributed by atoms with Crippen molar-refractivity contribution >= 4 is 23.3 Å². The summed E-state index contributed by atoms with van der Waals surface area (Å²) in [6, 6.07) is 11.4. The van der Waals surface area contributed by atoms with Crippen molar-refractivity contribution in [2.75, 3.05) is 11.9 Å². The summed E-state index contributed by atoms with van der Waals surface area (Å²) >= 11 is 0. The molecule has 0 aromatic heterocycles. The van der Waals surface area contributed by atoms with Gasteiger partial charge in [-0.25, -0.2) is 4.79 Å². The Hall–Kier alpha value is -3.48. The molecule has 0 aliphatic carbocycles. The van der Waals surface area contributed by atoms with Crippen molar-refractivity contribution in [1.82, 2.24) is 0 Å². The lowest BCUT2D eigenvalue weighted by molar-refractivity contribution is -0.380. The maximum atomic E-state index is 12.4. The summed E-state index contributed by atoms with van der Waals surface area (Å²) < 4.78 is 10.5. The van der Waals surface area contributed by atoms with Crippen molar-refractivity contribution in [3.8, 4) is 11.5 Å². The standard InChI is InChI=1S/C18H17N3O4/c1-3-17(22)25-16-10-13(15(24-4-2)11-14(16)21-19)20-18(23)12-8-6-5-7-9-12/h3,5-11,21H,1,4H2,2H3,(H,20,23). The molecule has 0 fully saturated rings. The fraction of sp³-hybridized carbons (Fsp3) is 0.111. The number of anilines is 1. The first kappa shape index (κ1) is 17.9. The smallest absolute Gasteiger partial charge is 0.335 e. The third-order valence-corrected chi connectivity index (χ3v) is 3.16. The van der Waals surface area contributed by atoms with Crippen molar-refractivity contribution in [3.63, 3.8) is 0 Å². The van der Waals surface area contributed by atoms with E-state index in [1.54, 1.807) is 37.3 Å². The maximum absolute atomic E-state index is 12.4. The van der Waals surface area contributed by atoms with Gasteiger partial charge in [-0.15, -0.1) is 0 Å². The van der Waals surface area contributed by atoms with Crippen LogP contribution >= 0.6 is 0 Å². The van der Waals surface area contributed by atoms with Gasteiger partial charge in [0.25, 0.3) is 5.91 Å². The summed E-state index contributed by atoms with van der Waals surface area (Å²) in [5, 5.41) is 4.64. The van der Waals surface area contributed by atoms with E-state index in [4.69, 9.17) is 9.47 Å². The molecule has 7 nitrogen and oxygen atoms in total. The lowest BCUT2D eigenvalue weighted by Gasteiger charge is -2.13. The van der Waals surface area contributed by atoms with Gasteiger partial charge in [-0.3, -0.25) is 9.91 Å². The first-order valence-corrected chi connectivity index (χ1v) is 7.50. The molecule has 2 N–H and O–H groups in total. The Kier molecular flexibility index (Phi) is 6.00. The number of nitrogens with one attached hydrogen (secondary N) is 2. The molecule has 1 amide bonds. The molecule has 0 aliphatic rings. The summed E-state index contributed by atoms with van der Waals surface area (Å²) in [6.45, 7) is 5.43. The highest BCUT2D eigenvalue weighted by molar-refractivity contribution is 6.05. The molecule has 0 atom stereocenters. The van der Waals surface area contributed by atoms with Crippen molar-refractivity contribution in [2.45, 2.75) is 6.92 Å². The molecule has 2 aromatic rings. The summed E-state index contributed by atoms with van der Waals surface area (Å²) in [7, 11) is 0. The predicted molar refractivity (Wildman–Crippen MR) is 91.8 cm³/mol. The Bertz CT molecular complexity index is 803. The molecular weight excluding hydrogens is 322 g/mol. The number of esters is 1. The molecule has 2 aromatic carbocycles. The van der Waals surface area contributed by atoms with Gasteiger partial charge in [0.1, 0.15) is 5.75 Å². The van der Waals surface area contributed by atoms with E-state index in [0.717, 1.165) is 6.08 Å². The van der Waals surface area contributed by atoms with Gasteiger partial charge in [-0.1, -0.05) is 24.8 Å². The van der Waals surface area contributed by atoms with Gasteiger partial charge in [0, 0.05) is 17.7 Å². The first-order chi connectivity index (χ1) is 12.1. The monoisotopic (exact) mass is 339 g/mol. The number of ether oxygens (including phenoxy) is 2. The minimum Gasteiger partial charge on any atom is -0.502 e. The van der Waals surface area contributed by atoms with Crippen LogP contribution in [-0.2, 0) is 4.79 Å². The summed E-state index contributed by atoms with van der Waals surface area (Å²) in [4.78, 5) is 23.8. The maximum Gasteiger partial charge on any atom is 0.335 e. The lowest BCUT2D eigenvalue weighted by Crippen LogP contribution is -2.54. The number of amides is 1. The minimum atomic E-state index is -0.707. The van der Waals surface area contributed by atoms with Gasteiger partial charge < -0.3 is 20.3 Å². The van der Waals surface area contributed by atoms with Crippen LogP contribution in [0.2, 0.25) is 0 Å². The molecule has 0 bridgehead atoms. The second-order valence-corrected chi connectivity index (χ2v) is 4.83. The Balaban J connectivity index is 2.40. The zero-order valence-electron chi connectivity index (χ0n) is 13.6. The largest absolute Gasteiger partial charge is 0.502 e. The van der Waals surface area contributed by atoms with E-state index in [1.165, 1.54) is 12.1 Å². The number of carbonyl (C=O) groups excluding carboxylic acids is 2. The van der Waals surface area contributed by atoms with E-state index in [1.807, 2.05) is 5.11 Å². The number of carbonyl (C=O) groups is 2. The van der Waals surface area contributed by atoms with Gasteiger partial charge in [-0.2, -0.15) is 0 Å². The molecule has 2 rings (SSSR count). The summed E-state index contributed by atoms with van der Waals surface area (Å²) in [5.41, 5.74) is 10.1. The zero-order chi connectivity index (χ0) is 18.2. The lowest BCUT2D eigenvalue weighted by atomic mass is 10.2. The normalized spacial score (nSPS) is 9.80. The molecule has 0 saturated carbocycles. The molecular formula is C18H17N3O4. The van der Waals surface area contributed by atoms with Crippen LogP contribution in [0, 0.1) is 0 Å². The molecule has 0 unspecified atom stereocenters. The first-order valence-electron chi connectivity index (χ1n) is 7.50. The van der Waals surface area contributed by atoms with E-state index in [-0.39, 0.29) is 17.3 Å². The average molecular weight is 339 g/mol. The van der Waals surface area contributed by atoms with Gasteiger partial charge in [0.15, 0.2) is 0 Å². The second kappa shape index (κ2) is 8.39. The Morgan fingerprint density at radius 1 is 1.24 bits per heavy atom. The quantitative estimate of drug-likeness (QED) is 0.349. The van der Waals surface area contributed by atoms with Crippen LogP contribution in [0.15, 0.2) is 55.1 Å². The SMILES string of the molecule is C=CC(=O)Oc1cc(NC(=O)c2ccccc2)c(OCC)cc1[NH+]=[N-]. The van der Waals surface area contributed by atoms with Gasteiger partial charge in [0.05, 0.1) is 18.4 Å². The number of benzene rings is 2. The molecule has 0 aliphatic heterocycles. The van der Waals surface area contributed by atoms with Gasteiger partial charge in [0.2, 0.25) is 11.4 Å². The fourth-order valence-corrected chi connectivity index (χ4v) is 2.04. The molecule has 7 heteroatoms. The van der Waals surface area contributed by atoms with Crippen LogP contribution in [0.25, 0.3) is 5.53 Å². The fourth-order valence-electron chi connectivity index (χ4n) is 2.04. The number of rotatable bonds is 7. The number of hydrogen-bond donors (Lipinski definition) is 2. The van der Waals surface area contributed by atoms with Crippen LogP contribution in [0.4, 0.5) is 11.4 Å².